The van der Waals surface area contributed by atoms with Crippen LogP contribution in [-0.4, -0.2) is 28.8 Å². The number of carbonyl (C=O) groups excluding carboxylic acids is 1. The van der Waals surface area contributed by atoms with Gasteiger partial charge in [-0.3, -0.25) is 9.48 Å². The van der Waals surface area contributed by atoms with Crippen molar-refractivity contribution in [3.8, 4) is 0 Å². The lowest BCUT2D eigenvalue weighted by molar-refractivity contribution is 0.0934. The Hall–Kier alpha value is -1.88. The zero-order chi connectivity index (χ0) is 14.0. The average Bonchev–Trinajstić information content (AvgIpc) is 2.74. The highest BCUT2D eigenvalue weighted by atomic mass is 16.1. The largest absolute Gasteiger partial charge is 0.350 e. The molecule has 3 N–H and O–H groups in total. The Kier molecular flexibility index (Phi) is 3.57. The molecule has 2 aromatic rings. The van der Waals surface area contributed by atoms with Crippen molar-refractivity contribution < 1.29 is 4.79 Å². The van der Waals surface area contributed by atoms with Crippen LogP contribution in [0.4, 0.5) is 0 Å². The Morgan fingerprint density at radius 2 is 2.11 bits per heavy atom. The summed E-state index contributed by atoms with van der Waals surface area (Å²) in [6, 6.07) is 7.70. The van der Waals surface area contributed by atoms with Crippen molar-refractivity contribution in [3.05, 3.63) is 30.0 Å². The van der Waals surface area contributed by atoms with Crippen LogP contribution < -0.4 is 11.1 Å². The highest BCUT2D eigenvalue weighted by Gasteiger charge is 2.20. The van der Waals surface area contributed by atoms with Gasteiger partial charge in [-0.05, 0) is 18.0 Å². The molecule has 0 atom stereocenters. The van der Waals surface area contributed by atoms with Gasteiger partial charge in [-0.2, -0.15) is 5.10 Å². The van der Waals surface area contributed by atoms with E-state index in [-0.39, 0.29) is 11.3 Å². The number of nitrogens with two attached hydrogens (primary N) is 1. The predicted molar refractivity (Wildman–Crippen MR) is 75.9 cm³/mol. The molecule has 0 unspecified atom stereocenters. The molecular weight excluding hydrogens is 240 g/mol. The molecule has 102 valence electrons. The number of nitrogens with one attached hydrogen (secondary N) is 1. The summed E-state index contributed by atoms with van der Waals surface area (Å²) < 4.78 is 1.72. The molecule has 0 aliphatic heterocycles. The molecule has 0 aliphatic carbocycles. The van der Waals surface area contributed by atoms with Crippen LogP contribution in [0.3, 0.4) is 0 Å². The third kappa shape index (κ3) is 2.76. The van der Waals surface area contributed by atoms with Gasteiger partial charge in [0.05, 0.1) is 5.52 Å². The monoisotopic (exact) mass is 260 g/mol. The maximum atomic E-state index is 12.2. The Bertz CT molecular complexity index is 601. The van der Waals surface area contributed by atoms with E-state index < -0.39 is 0 Å². The molecular formula is C14H20N4O. The molecule has 0 radical (unpaired) electrons. The van der Waals surface area contributed by atoms with Gasteiger partial charge in [0, 0.05) is 19.0 Å². The second kappa shape index (κ2) is 5.01. The number of carbonyl (C=O) groups is 1. The third-order valence-electron chi connectivity index (χ3n) is 3.25. The summed E-state index contributed by atoms with van der Waals surface area (Å²) in [6.07, 6.45) is 0. The number of aryl methyl sites for hydroxylation is 1. The van der Waals surface area contributed by atoms with Gasteiger partial charge in [0.1, 0.15) is 0 Å². The number of benzene rings is 1. The second-order valence-corrected chi connectivity index (χ2v) is 5.54. The van der Waals surface area contributed by atoms with Gasteiger partial charge in [0.25, 0.3) is 5.91 Å². The first-order chi connectivity index (χ1) is 8.94. The van der Waals surface area contributed by atoms with Gasteiger partial charge in [-0.1, -0.05) is 32.0 Å². The lowest BCUT2D eigenvalue weighted by atomic mass is 9.94. The number of aromatic nitrogens is 2. The fraction of sp³-hybridized carbons (Fsp3) is 0.429. The molecule has 1 heterocycles. The fourth-order valence-corrected chi connectivity index (χ4v) is 1.86. The van der Waals surface area contributed by atoms with E-state index in [2.05, 4.69) is 10.4 Å². The van der Waals surface area contributed by atoms with E-state index in [0.717, 1.165) is 10.9 Å². The average molecular weight is 260 g/mol. The summed E-state index contributed by atoms with van der Waals surface area (Å²) in [5.41, 5.74) is 6.96. The third-order valence-corrected chi connectivity index (χ3v) is 3.25. The number of para-hydroxylation sites is 1. The molecule has 19 heavy (non-hydrogen) atoms. The summed E-state index contributed by atoms with van der Waals surface area (Å²) in [5.74, 6) is -0.154. The Morgan fingerprint density at radius 3 is 2.79 bits per heavy atom. The van der Waals surface area contributed by atoms with E-state index in [4.69, 9.17) is 5.73 Å². The molecule has 1 amide bonds. The second-order valence-electron chi connectivity index (χ2n) is 5.54. The molecule has 0 aliphatic rings. The lowest BCUT2D eigenvalue weighted by Gasteiger charge is -2.22. The number of fused-ring (bicyclic) bond motifs is 1. The number of hydrogen-bond acceptors (Lipinski definition) is 3. The zero-order valence-electron chi connectivity index (χ0n) is 11.6. The standard InChI is InChI=1S/C14H20N4O/c1-14(2,8-15)9-16-13(19)12-10-6-4-5-7-11(10)18(3)17-12/h4-7H,8-9,15H2,1-3H3,(H,16,19). The van der Waals surface area contributed by atoms with E-state index in [1.165, 1.54) is 0 Å². The van der Waals surface area contributed by atoms with E-state index in [0.29, 0.717) is 18.8 Å². The first-order valence-corrected chi connectivity index (χ1v) is 6.34. The highest BCUT2D eigenvalue weighted by molar-refractivity contribution is 6.04. The number of nitrogens with zero attached hydrogens (tertiary/aromatic N) is 2. The number of rotatable bonds is 4. The Morgan fingerprint density at radius 1 is 1.42 bits per heavy atom. The van der Waals surface area contributed by atoms with Crippen LogP contribution in [0.25, 0.3) is 10.9 Å². The van der Waals surface area contributed by atoms with Gasteiger partial charge in [-0.25, -0.2) is 0 Å². The number of amides is 1. The number of hydrogen-bond donors (Lipinski definition) is 2. The van der Waals surface area contributed by atoms with Gasteiger partial charge >= 0.3 is 0 Å². The minimum absolute atomic E-state index is 0.111. The topological polar surface area (TPSA) is 72.9 Å². The van der Waals surface area contributed by atoms with Gasteiger partial charge in [-0.15, -0.1) is 0 Å². The minimum Gasteiger partial charge on any atom is -0.350 e. The van der Waals surface area contributed by atoms with Crippen molar-refractivity contribution >= 4 is 16.8 Å². The summed E-state index contributed by atoms with van der Waals surface area (Å²) >= 11 is 0. The van der Waals surface area contributed by atoms with Crippen LogP contribution >= 0.6 is 0 Å². The van der Waals surface area contributed by atoms with Crippen LogP contribution in [0.1, 0.15) is 24.3 Å². The van der Waals surface area contributed by atoms with E-state index in [1.807, 2.05) is 45.2 Å². The smallest absolute Gasteiger partial charge is 0.272 e. The molecule has 1 aromatic heterocycles. The Balaban J connectivity index is 2.23. The molecule has 0 saturated heterocycles. The quantitative estimate of drug-likeness (QED) is 0.870. The maximum Gasteiger partial charge on any atom is 0.272 e. The van der Waals surface area contributed by atoms with Crippen molar-refractivity contribution in [1.29, 1.82) is 0 Å². The van der Waals surface area contributed by atoms with Crippen molar-refractivity contribution in [3.63, 3.8) is 0 Å². The normalized spacial score (nSPS) is 11.8. The summed E-state index contributed by atoms with van der Waals surface area (Å²) in [5, 5.41) is 8.06. The van der Waals surface area contributed by atoms with Crippen LogP contribution in [0.15, 0.2) is 24.3 Å². The van der Waals surface area contributed by atoms with Crippen LogP contribution in [0.2, 0.25) is 0 Å². The summed E-state index contributed by atoms with van der Waals surface area (Å²) in [6.45, 7) is 5.09. The molecule has 0 saturated carbocycles. The van der Waals surface area contributed by atoms with Crippen molar-refractivity contribution in [1.82, 2.24) is 15.1 Å². The lowest BCUT2D eigenvalue weighted by Crippen LogP contribution is -2.38. The fourth-order valence-electron chi connectivity index (χ4n) is 1.86. The van der Waals surface area contributed by atoms with E-state index in [1.54, 1.807) is 4.68 Å². The van der Waals surface area contributed by atoms with Gasteiger partial charge in [0.2, 0.25) is 0 Å². The first-order valence-electron chi connectivity index (χ1n) is 6.34. The van der Waals surface area contributed by atoms with Crippen molar-refractivity contribution in [2.24, 2.45) is 18.2 Å². The summed E-state index contributed by atoms with van der Waals surface area (Å²) in [4.78, 5) is 12.2. The molecule has 1 aromatic carbocycles. The maximum absolute atomic E-state index is 12.2. The van der Waals surface area contributed by atoms with Crippen LogP contribution in [-0.2, 0) is 7.05 Å². The summed E-state index contributed by atoms with van der Waals surface area (Å²) in [7, 11) is 1.84. The molecule has 0 spiro atoms. The zero-order valence-corrected chi connectivity index (χ0v) is 11.6. The van der Waals surface area contributed by atoms with E-state index in [9.17, 15) is 4.79 Å². The van der Waals surface area contributed by atoms with Crippen LogP contribution in [0, 0.1) is 5.41 Å². The van der Waals surface area contributed by atoms with E-state index >= 15 is 0 Å². The molecule has 5 heteroatoms. The van der Waals surface area contributed by atoms with Gasteiger partial charge < -0.3 is 11.1 Å². The predicted octanol–water partition coefficient (Wildman–Crippen LogP) is 1.29. The minimum atomic E-state index is -0.154. The van der Waals surface area contributed by atoms with Crippen molar-refractivity contribution in [2.75, 3.05) is 13.1 Å². The molecule has 5 nitrogen and oxygen atoms in total. The molecule has 0 bridgehead atoms. The SMILES string of the molecule is Cn1nc(C(=O)NCC(C)(C)CN)c2ccccc21. The Labute approximate surface area is 112 Å². The highest BCUT2D eigenvalue weighted by Crippen LogP contribution is 2.18. The molecule has 2 rings (SSSR count). The first kappa shape index (κ1) is 13.5. The van der Waals surface area contributed by atoms with Crippen molar-refractivity contribution in [2.45, 2.75) is 13.8 Å². The molecule has 0 fully saturated rings. The van der Waals surface area contributed by atoms with Gasteiger partial charge in [0.15, 0.2) is 5.69 Å². The van der Waals surface area contributed by atoms with Crippen LogP contribution in [0.5, 0.6) is 0 Å².